The van der Waals surface area contributed by atoms with Gasteiger partial charge in [0, 0.05) is 42.4 Å². The number of guanidine groups is 1. The van der Waals surface area contributed by atoms with Gasteiger partial charge in [-0.1, -0.05) is 30.3 Å². The first kappa shape index (κ1) is 21.0. The van der Waals surface area contributed by atoms with Crippen LogP contribution in [-0.4, -0.2) is 41.5 Å². The summed E-state index contributed by atoms with van der Waals surface area (Å²) in [5, 5.41) is 6.46. The van der Waals surface area contributed by atoms with Gasteiger partial charge in [0.05, 0.1) is 17.3 Å². The molecule has 7 heteroatoms. The van der Waals surface area contributed by atoms with E-state index < -0.39 is 10.8 Å². The fourth-order valence-electron chi connectivity index (χ4n) is 3.17. The minimum absolute atomic E-state index is 0.197. The number of aliphatic imine (C=N–C) groups is 1. The molecule has 0 aliphatic carbocycles. The lowest BCUT2D eigenvalue weighted by atomic mass is 10.2. The third-order valence-electron chi connectivity index (χ3n) is 4.67. The van der Waals surface area contributed by atoms with Crippen molar-refractivity contribution in [2.45, 2.75) is 31.2 Å². The molecule has 1 aliphatic rings. The van der Waals surface area contributed by atoms with Gasteiger partial charge < -0.3 is 15.5 Å². The average Bonchev–Trinajstić information content (AvgIpc) is 3.19. The molecular weight excluding hydrogens is 384 g/mol. The largest absolute Gasteiger partial charge is 0.357 e. The maximum absolute atomic E-state index is 12.3. The van der Waals surface area contributed by atoms with Crippen LogP contribution in [0, 0.1) is 0 Å². The van der Waals surface area contributed by atoms with Crippen LogP contribution in [0.3, 0.4) is 0 Å². The van der Waals surface area contributed by atoms with Crippen LogP contribution in [0.1, 0.15) is 25.3 Å². The maximum atomic E-state index is 12.3. The highest BCUT2D eigenvalue weighted by atomic mass is 32.2. The summed E-state index contributed by atoms with van der Waals surface area (Å²) >= 11 is 0. The van der Waals surface area contributed by atoms with Gasteiger partial charge in [-0.2, -0.15) is 0 Å². The Labute approximate surface area is 174 Å². The average molecular weight is 413 g/mol. The van der Waals surface area contributed by atoms with Crippen LogP contribution in [0.25, 0.3) is 0 Å². The van der Waals surface area contributed by atoms with Crippen molar-refractivity contribution in [1.29, 1.82) is 0 Å². The Kier molecular flexibility index (Phi) is 7.81. The van der Waals surface area contributed by atoms with Crippen molar-refractivity contribution < 1.29 is 9.00 Å². The van der Waals surface area contributed by atoms with Crippen LogP contribution in [-0.2, 0) is 22.1 Å². The molecule has 3 rings (SSSR count). The Morgan fingerprint density at radius 3 is 2.52 bits per heavy atom. The van der Waals surface area contributed by atoms with Crippen molar-refractivity contribution in [3.8, 4) is 0 Å². The minimum atomic E-state index is -1.03. The number of benzene rings is 2. The Bertz CT molecular complexity index is 853. The third kappa shape index (κ3) is 6.15. The van der Waals surface area contributed by atoms with Crippen molar-refractivity contribution in [1.82, 2.24) is 10.6 Å². The number of rotatable bonds is 8. The van der Waals surface area contributed by atoms with Crippen LogP contribution in [0.4, 0.5) is 5.69 Å². The number of carbonyl (C=O) groups excluding carboxylic acids is 1. The zero-order valence-electron chi connectivity index (χ0n) is 16.8. The van der Waals surface area contributed by atoms with E-state index in [0.29, 0.717) is 31.2 Å². The molecule has 0 spiro atoms. The molecule has 154 valence electrons. The van der Waals surface area contributed by atoms with E-state index in [9.17, 15) is 9.00 Å². The molecule has 1 heterocycles. The monoisotopic (exact) mass is 412 g/mol. The summed E-state index contributed by atoms with van der Waals surface area (Å²) in [5.41, 5.74) is 2.03. The van der Waals surface area contributed by atoms with E-state index in [2.05, 4.69) is 15.6 Å². The predicted molar refractivity (Wildman–Crippen MR) is 119 cm³/mol. The molecular formula is C22H28N4O2S. The molecule has 1 atom stereocenters. The highest BCUT2D eigenvalue weighted by molar-refractivity contribution is 7.85. The normalized spacial score (nSPS) is 15.4. The summed E-state index contributed by atoms with van der Waals surface area (Å²) in [6.07, 6.45) is 1.57. The first-order chi connectivity index (χ1) is 14.2. The van der Waals surface area contributed by atoms with Gasteiger partial charge >= 0.3 is 0 Å². The molecule has 2 aromatic rings. The van der Waals surface area contributed by atoms with E-state index in [1.54, 1.807) is 0 Å². The molecule has 1 aliphatic heterocycles. The summed E-state index contributed by atoms with van der Waals surface area (Å²) in [5.74, 6) is 1.42. The van der Waals surface area contributed by atoms with E-state index in [-0.39, 0.29) is 5.91 Å². The number of nitrogens with zero attached hydrogens (tertiary/aromatic N) is 2. The second-order valence-corrected chi connectivity index (χ2v) is 8.37. The molecule has 1 saturated heterocycles. The second kappa shape index (κ2) is 10.8. The number of amides is 1. The van der Waals surface area contributed by atoms with Gasteiger partial charge in [-0.05, 0) is 43.2 Å². The third-order valence-corrected chi connectivity index (χ3v) is 6.04. The van der Waals surface area contributed by atoms with E-state index >= 15 is 0 Å². The zero-order valence-corrected chi connectivity index (χ0v) is 17.6. The van der Waals surface area contributed by atoms with E-state index in [1.807, 2.05) is 66.4 Å². The summed E-state index contributed by atoms with van der Waals surface area (Å²) in [7, 11) is -1.03. The van der Waals surface area contributed by atoms with Crippen molar-refractivity contribution in [2.24, 2.45) is 4.99 Å². The van der Waals surface area contributed by atoms with Crippen LogP contribution < -0.4 is 15.5 Å². The topological polar surface area (TPSA) is 73.8 Å². The number of nitrogens with one attached hydrogen (secondary N) is 2. The molecule has 6 nitrogen and oxygen atoms in total. The van der Waals surface area contributed by atoms with Gasteiger partial charge in [0.25, 0.3) is 0 Å². The molecule has 1 amide bonds. The van der Waals surface area contributed by atoms with Gasteiger partial charge in [-0.25, -0.2) is 4.99 Å². The van der Waals surface area contributed by atoms with Crippen molar-refractivity contribution >= 4 is 28.4 Å². The number of hydrogen-bond donors (Lipinski definition) is 2. The molecule has 0 saturated carbocycles. The quantitative estimate of drug-likeness (QED) is 0.516. The SMILES string of the molecule is CCNC(=NCc1ccc(N2CCCC2=O)cc1)NCCS(=O)c1ccccc1. The molecule has 0 radical (unpaired) electrons. The zero-order chi connectivity index (χ0) is 20.5. The number of carbonyl (C=O) groups is 1. The van der Waals surface area contributed by atoms with Gasteiger partial charge in [-0.3, -0.25) is 9.00 Å². The summed E-state index contributed by atoms with van der Waals surface area (Å²) < 4.78 is 12.3. The molecule has 29 heavy (non-hydrogen) atoms. The molecule has 1 fully saturated rings. The van der Waals surface area contributed by atoms with Crippen molar-refractivity contribution in [3.63, 3.8) is 0 Å². The number of anilines is 1. The minimum Gasteiger partial charge on any atom is -0.357 e. The van der Waals surface area contributed by atoms with Crippen LogP contribution in [0.15, 0.2) is 64.5 Å². The summed E-state index contributed by atoms with van der Waals surface area (Å²) in [6.45, 7) is 4.68. The van der Waals surface area contributed by atoms with Crippen molar-refractivity contribution in [2.75, 3.05) is 30.3 Å². The van der Waals surface area contributed by atoms with E-state index in [0.717, 1.165) is 35.7 Å². The predicted octanol–water partition coefficient (Wildman–Crippen LogP) is 2.68. The first-order valence-corrected chi connectivity index (χ1v) is 11.3. The smallest absolute Gasteiger partial charge is 0.227 e. The van der Waals surface area contributed by atoms with Gasteiger partial charge in [0.15, 0.2) is 5.96 Å². The molecule has 1 unspecified atom stereocenters. The molecule has 0 aromatic heterocycles. The molecule has 0 bridgehead atoms. The lowest BCUT2D eigenvalue weighted by Crippen LogP contribution is -2.39. The van der Waals surface area contributed by atoms with Crippen LogP contribution in [0.5, 0.6) is 0 Å². The highest BCUT2D eigenvalue weighted by Gasteiger charge is 2.21. The first-order valence-electron chi connectivity index (χ1n) is 10.0. The molecule has 2 N–H and O–H groups in total. The number of hydrogen-bond acceptors (Lipinski definition) is 3. The van der Waals surface area contributed by atoms with Crippen LogP contribution >= 0.6 is 0 Å². The summed E-state index contributed by atoms with van der Waals surface area (Å²) in [4.78, 5) is 19.1. The molecule has 2 aromatic carbocycles. The van der Waals surface area contributed by atoms with Gasteiger partial charge in [0.1, 0.15) is 0 Å². The fraction of sp³-hybridized carbons (Fsp3) is 0.364. The van der Waals surface area contributed by atoms with E-state index in [4.69, 9.17) is 0 Å². The van der Waals surface area contributed by atoms with E-state index in [1.165, 1.54) is 0 Å². The fourth-order valence-corrected chi connectivity index (χ4v) is 4.15. The second-order valence-electron chi connectivity index (χ2n) is 6.80. The Hall–Kier alpha value is -2.67. The standard InChI is InChI=1S/C22H28N4O2S/c1-2-23-22(24-14-16-29(28)20-7-4-3-5-8-20)25-17-18-10-12-19(13-11-18)26-15-6-9-21(26)27/h3-5,7-8,10-13H,2,6,9,14-17H2,1H3,(H2,23,24,25). The van der Waals surface area contributed by atoms with Gasteiger partial charge in [-0.15, -0.1) is 0 Å². The lowest BCUT2D eigenvalue weighted by molar-refractivity contribution is -0.117. The maximum Gasteiger partial charge on any atom is 0.227 e. The Morgan fingerprint density at radius 2 is 1.86 bits per heavy atom. The Balaban J connectivity index is 1.52. The summed E-state index contributed by atoms with van der Waals surface area (Å²) in [6, 6.07) is 17.5. The Morgan fingerprint density at radius 1 is 1.10 bits per heavy atom. The van der Waals surface area contributed by atoms with Crippen molar-refractivity contribution in [3.05, 3.63) is 60.2 Å². The lowest BCUT2D eigenvalue weighted by Gasteiger charge is -2.16. The van der Waals surface area contributed by atoms with Gasteiger partial charge in [0.2, 0.25) is 5.91 Å². The van der Waals surface area contributed by atoms with Crippen LogP contribution in [0.2, 0.25) is 0 Å². The highest BCUT2D eigenvalue weighted by Crippen LogP contribution is 2.21.